The van der Waals surface area contributed by atoms with Crippen LogP contribution in [0.3, 0.4) is 0 Å². The Kier molecular flexibility index (Phi) is 3.62. The van der Waals surface area contributed by atoms with Crippen molar-refractivity contribution in [2.24, 2.45) is 0 Å². The lowest BCUT2D eigenvalue weighted by molar-refractivity contribution is 0.102. The number of aryl methyl sites for hydroxylation is 1. The summed E-state index contributed by atoms with van der Waals surface area (Å²) in [4.78, 5) is 12.0. The molecule has 2 aromatic carbocycles. The first kappa shape index (κ1) is 13.2. The predicted octanol–water partition coefficient (Wildman–Crippen LogP) is 3.31. The Bertz CT molecular complexity index is 620. The number of nitrogens with one attached hydrogen (secondary N) is 1. The van der Waals surface area contributed by atoms with Gasteiger partial charge in [0.2, 0.25) is 0 Å². The minimum atomic E-state index is -0.596. The Balaban J connectivity index is 2.34. The molecule has 5 heteroatoms. The van der Waals surface area contributed by atoms with Gasteiger partial charge in [0.25, 0.3) is 5.91 Å². The molecule has 4 nitrogen and oxygen atoms in total. The van der Waals surface area contributed by atoms with Crippen LogP contribution in [0.15, 0.2) is 36.4 Å². The molecule has 0 unspecified atom stereocenters. The number of phenols is 2. The van der Waals surface area contributed by atoms with Crippen LogP contribution < -0.4 is 5.32 Å². The van der Waals surface area contributed by atoms with Crippen LogP contribution in [0.25, 0.3) is 0 Å². The minimum absolute atomic E-state index is 0.165. The maximum absolute atomic E-state index is 12.0. The molecule has 0 aromatic heterocycles. The number of hydrogen-bond acceptors (Lipinski definition) is 3. The first-order chi connectivity index (χ1) is 8.99. The van der Waals surface area contributed by atoms with Crippen LogP contribution in [0, 0.1) is 6.92 Å². The highest BCUT2D eigenvalue weighted by Gasteiger charge is 2.16. The van der Waals surface area contributed by atoms with E-state index in [1.54, 1.807) is 18.2 Å². The summed E-state index contributed by atoms with van der Waals surface area (Å²) in [5.74, 6) is -1.16. The van der Waals surface area contributed by atoms with Crippen LogP contribution in [0.1, 0.15) is 15.9 Å². The molecule has 98 valence electrons. The van der Waals surface area contributed by atoms with Crippen LogP contribution >= 0.6 is 11.6 Å². The number of carbonyl (C=O) groups is 1. The summed E-state index contributed by atoms with van der Waals surface area (Å²) in [6, 6.07) is 9.20. The number of carbonyl (C=O) groups excluding carboxylic acids is 1. The zero-order valence-corrected chi connectivity index (χ0v) is 10.9. The summed E-state index contributed by atoms with van der Waals surface area (Å²) in [5, 5.41) is 22.3. The van der Waals surface area contributed by atoms with Crippen LogP contribution in [0.4, 0.5) is 5.69 Å². The molecule has 0 radical (unpaired) electrons. The van der Waals surface area contributed by atoms with E-state index in [4.69, 9.17) is 11.6 Å². The molecule has 0 fully saturated rings. The topological polar surface area (TPSA) is 69.6 Å². The third-order valence-electron chi connectivity index (χ3n) is 2.70. The lowest BCUT2D eigenvalue weighted by Crippen LogP contribution is -2.13. The van der Waals surface area contributed by atoms with E-state index in [1.165, 1.54) is 18.2 Å². The van der Waals surface area contributed by atoms with Gasteiger partial charge in [0.05, 0.1) is 0 Å². The Morgan fingerprint density at radius 2 is 1.79 bits per heavy atom. The van der Waals surface area contributed by atoms with Crippen molar-refractivity contribution in [2.45, 2.75) is 6.92 Å². The second kappa shape index (κ2) is 5.20. The van der Waals surface area contributed by atoms with Crippen LogP contribution in [-0.4, -0.2) is 16.1 Å². The third-order valence-corrected chi connectivity index (χ3v) is 2.93. The highest BCUT2D eigenvalue weighted by Crippen LogP contribution is 2.28. The van der Waals surface area contributed by atoms with Gasteiger partial charge in [-0.1, -0.05) is 23.7 Å². The van der Waals surface area contributed by atoms with Gasteiger partial charge in [-0.05, 0) is 36.8 Å². The molecule has 0 aliphatic carbocycles. The lowest BCUT2D eigenvalue weighted by Gasteiger charge is -2.10. The standard InChI is InChI=1S/C14H12ClNO3/c1-8-5-6-9(15)7-10(8)16-14(19)13-11(17)3-2-4-12(13)18/h2-7,17-18H,1H3,(H,16,19). The predicted molar refractivity (Wildman–Crippen MR) is 73.9 cm³/mol. The summed E-state index contributed by atoms with van der Waals surface area (Å²) < 4.78 is 0. The first-order valence-corrected chi connectivity index (χ1v) is 5.95. The largest absolute Gasteiger partial charge is 0.507 e. The second-order valence-electron chi connectivity index (χ2n) is 4.08. The zero-order chi connectivity index (χ0) is 14.0. The van der Waals surface area contributed by atoms with Gasteiger partial charge in [-0.2, -0.15) is 0 Å². The molecule has 0 saturated carbocycles. The highest BCUT2D eigenvalue weighted by molar-refractivity contribution is 6.31. The summed E-state index contributed by atoms with van der Waals surface area (Å²) in [7, 11) is 0. The SMILES string of the molecule is Cc1ccc(Cl)cc1NC(=O)c1c(O)cccc1O. The fourth-order valence-corrected chi connectivity index (χ4v) is 1.85. The number of hydrogen-bond donors (Lipinski definition) is 3. The van der Waals surface area contributed by atoms with Crippen molar-refractivity contribution in [1.29, 1.82) is 0 Å². The van der Waals surface area contributed by atoms with Crippen LogP contribution in [-0.2, 0) is 0 Å². The highest BCUT2D eigenvalue weighted by atomic mass is 35.5. The number of aromatic hydroxyl groups is 2. The molecule has 2 aromatic rings. The maximum atomic E-state index is 12.0. The molecule has 0 spiro atoms. The Hall–Kier alpha value is -2.20. The monoisotopic (exact) mass is 277 g/mol. The zero-order valence-electron chi connectivity index (χ0n) is 10.1. The van der Waals surface area contributed by atoms with E-state index in [2.05, 4.69) is 5.32 Å². The fraction of sp³-hybridized carbons (Fsp3) is 0.0714. The van der Waals surface area contributed by atoms with Crippen molar-refractivity contribution in [1.82, 2.24) is 0 Å². The van der Waals surface area contributed by atoms with E-state index in [0.717, 1.165) is 5.56 Å². The smallest absolute Gasteiger partial charge is 0.263 e. The van der Waals surface area contributed by atoms with Gasteiger partial charge in [0.1, 0.15) is 17.1 Å². The van der Waals surface area contributed by atoms with Gasteiger partial charge in [0, 0.05) is 10.7 Å². The van der Waals surface area contributed by atoms with Crippen molar-refractivity contribution >= 4 is 23.2 Å². The number of benzene rings is 2. The van der Waals surface area contributed by atoms with E-state index >= 15 is 0 Å². The second-order valence-corrected chi connectivity index (χ2v) is 4.52. The first-order valence-electron chi connectivity index (χ1n) is 5.57. The number of rotatable bonds is 2. The minimum Gasteiger partial charge on any atom is -0.507 e. The quantitative estimate of drug-likeness (QED) is 0.789. The Morgan fingerprint density at radius 3 is 2.42 bits per heavy atom. The molecule has 0 bridgehead atoms. The summed E-state index contributed by atoms with van der Waals surface area (Å²) in [6.45, 7) is 1.82. The van der Waals surface area contributed by atoms with Crippen molar-refractivity contribution < 1.29 is 15.0 Å². The number of phenolic OH excluding ortho intramolecular Hbond substituents is 2. The van der Waals surface area contributed by atoms with Gasteiger partial charge >= 0.3 is 0 Å². The lowest BCUT2D eigenvalue weighted by atomic mass is 10.1. The van der Waals surface area contributed by atoms with Crippen LogP contribution in [0.2, 0.25) is 5.02 Å². The van der Waals surface area contributed by atoms with Gasteiger partial charge in [-0.25, -0.2) is 0 Å². The van der Waals surface area contributed by atoms with Crippen molar-refractivity contribution in [2.75, 3.05) is 5.32 Å². The van der Waals surface area contributed by atoms with E-state index in [1.807, 2.05) is 6.92 Å². The maximum Gasteiger partial charge on any atom is 0.263 e. The number of anilines is 1. The normalized spacial score (nSPS) is 10.2. The number of amides is 1. The third kappa shape index (κ3) is 2.80. The van der Waals surface area contributed by atoms with Gasteiger partial charge in [0.15, 0.2) is 0 Å². The van der Waals surface area contributed by atoms with Gasteiger partial charge in [-0.15, -0.1) is 0 Å². The molecule has 0 saturated heterocycles. The van der Waals surface area contributed by atoms with E-state index in [-0.39, 0.29) is 17.1 Å². The molecule has 2 rings (SSSR count). The molecule has 0 aliphatic rings. The average Bonchev–Trinajstić information content (AvgIpc) is 2.33. The van der Waals surface area contributed by atoms with Crippen molar-refractivity contribution in [3.05, 3.63) is 52.5 Å². The van der Waals surface area contributed by atoms with E-state index in [0.29, 0.717) is 10.7 Å². The fourth-order valence-electron chi connectivity index (χ4n) is 1.67. The molecule has 19 heavy (non-hydrogen) atoms. The van der Waals surface area contributed by atoms with Crippen LogP contribution in [0.5, 0.6) is 11.5 Å². The molecule has 1 amide bonds. The van der Waals surface area contributed by atoms with E-state index < -0.39 is 5.91 Å². The molecule has 3 N–H and O–H groups in total. The van der Waals surface area contributed by atoms with Gasteiger partial charge < -0.3 is 15.5 Å². The summed E-state index contributed by atoms with van der Waals surface area (Å²) in [5.41, 5.74) is 1.19. The van der Waals surface area contributed by atoms with Crippen molar-refractivity contribution in [3.8, 4) is 11.5 Å². The molecule has 0 aliphatic heterocycles. The molecule has 0 atom stereocenters. The summed E-state index contributed by atoms with van der Waals surface area (Å²) >= 11 is 5.86. The summed E-state index contributed by atoms with van der Waals surface area (Å²) in [6.07, 6.45) is 0. The molecule has 0 heterocycles. The average molecular weight is 278 g/mol. The van der Waals surface area contributed by atoms with Gasteiger partial charge in [-0.3, -0.25) is 4.79 Å². The van der Waals surface area contributed by atoms with Crippen molar-refractivity contribution in [3.63, 3.8) is 0 Å². The molecular formula is C14H12ClNO3. The number of halogens is 1. The molecular weight excluding hydrogens is 266 g/mol. The Labute approximate surface area is 115 Å². The van der Waals surface area contributed by atoms with E-state index in [9.17, 15) is 15.0 Å². The Morgan fingerprint density at radius 1 is 1.16 bits per heavy atom.